The number of nitrogens with one attached hydrogen (secondary N) is 1. The molecule has 1 nitrogen and oxygen atoms in total. The average Bonchev–Trinajstić information content (AvgIpc) is 2.90. The van der Waals surface area contributed by atoms with E-state index in [4.69, 9.17) is 0 Å². The Balaban J connectivity index is 1.95. The van der Waals surface area contributed by atoms with Crippen molar-refractivity contribution < 1.29 is 0 Å². The molecule has 0 amide bonds. The molecule has 1 fully saturated rings. The maximum atomic E-state index is 3.51. The molecule has 0 aromatic heterocycles. The molecule has 1 N–H and O–H groups in total. The van der Waals surface area contributed by atoms with E-state index in [1.165, 1.54) is 76.4 Å². The van der Waals surface area contributed by atoms with E-state index in [0.717, 1.165) is 11.3 Å². The highest BCUT2D eigenvalue weighted by molar-refractivity contribution is 7.99. The van der Waals surface area contributed by atoms with E-state index in [-0.39, 0.29) is 0 Å². The molecule has 0 bridgehead atoms. The van der Waals surface area contributed by atoms with Gasteiger partial charge in [0, 0.05) is 17.0 Å². The van der Waals surface area contributed by atoms with E-state index < -0.39 is 0 Å². The molecule has 1 rings (SSSR count). The first kappa shape index (κ1) is 16.4. The van der Waals surface area contributed by atoms with Gasteiger partial charge in [0.15, 0.2) is 0 Å². The zero-order chi connectivity index (χ0) is 13.1. The second kappa shape index (κ2) is 11.2. The number of unbranched alkanes of at least 4 members (excludes halogenated alkanes) is 5. The van der Waals surface area contributed by atoms with Gasteiger partial charge in [-0.25, -0.2) is 0 Å². The molecule has 0 spiro atoms. The van der Waals surface area contributed by atoms with Crippen LogP contribution in [-0.4, -0.2) is 24.1 Å². The van der Waals surface area contributed by atoms with Gasteiger partial charge >= 0.3 is 0 Å². The van der Waals surface area contributed by atoms with Gasteiger partial charge in [0.05, 0.1) is 0 Å². The van der Waals surface area contributed by atoms with Crippen LogP contribution < -0.4 is 5.32 Å². The van der Waals surface area contributed by atoms with E-state index in [1.807, 2.05) is 0 Å². The SMILES string of the molecule is CCCCCCCCC(CSC1CCCC1)NC. The quantitative estimate of drug-likeness (QED) is 0.531. The topological polar surface area (TPSA) is 12.0 Å². The first-order valence-electron chi connectivity index (χ1n) is 8.15. The van der Waals surface area contributed by atoms with Gasteiger partial charge in [-0.05, 0) is 26.3 Å². The first-order chi connectivity index (χ1) is 8.86. The van der Waals surface area contributed by atoms with Crippen LogP contribution in [0.4, 0.5) is 0 Å². The Bertz CT molecular complexity index is 178. The summed E-state index contributed by atoms with van der Waals surface area (Å²) in [6, 6.07) is 0.752. The Hall–Kier alpha value is 0.310. The second-order valence-corrected chi connectivity index (χ2v) is 7.12. The summed E-state index contributed by atoms with van der Waals surface area (Å²) in [7, 11) is 2.14. The minimum atomic E-state index is 0.752. The van der Waals surface area contributed by atoms with Crippen molar-refractivity contribution >= 4 is 11.8 Å². The third kappa shape index (κ3) is 7.68. The minimum Gasteiger partial charge on any atom is -0.316 e. The Kier molecular flexibility index (Phi) is 10.1. The summed E-state index contributed by atoms with van der Waals surface area (Å²) in [5, 5.41) is 4.48. The third-order valence-electron chi connectivity index (χ3n) is 4.15. The molecule has 18 heavy (non-hydrogen) atoms. The zero-order valence-corrected chi connectivity index (χ0v) is 13.4. The lowest BCUT2D eigenvalue weighted by Gasteiger charge is -2.18. The number of rotatable bonds is 11. The summed E-state index contributed by atoms with van der Waals surface area (Å²) in [5.41, 5.74) is 0. The average molecular weight is 272 g/mol. The van der Waals surface area contributed by atoms with Crippen LogP contribution in [-0.2, 0) is 0 Å². The van der Waals surface area contributed by atoms with Gasteiger partial charge in [-0.3, -0.25) is 0 Å². The van der Waals surface area contributed by atoms with Crippen molar-refractivity contribution in [2.24, 2.45) is 0 Å². The smallest absolute Gasteiger partial charge is 0.0155 e. The monoisotopic (exact) mass is 271 g/mol. The Morgan fingerprint density at radius 2 is 1.72 bits per heavy atom. The van der Waals surface area contributed by atoms with Crippen molar-refractivity contribution in [3.8, 4) is 0 Å². The van der Waals surface area contributed by atoms with Crippen LogP contribution >= 0.6 is 11.8 Å². The molecule has 1 aliphatic carbocycles. The van der Waals surface area contributed by atoms with Crippen LogP contribution in [0.25, 0.3) is 0 Å². The van der Waals surface area contributed by atoms with Gasteiger partial charge in [0.25, 0.3) is 0 Å². The predicted molar refractivity (Wildman–Crippen MR) is 85.6 cm³/mol. The van der Waals surface area contributed by atoms with Crippen LogP contribution in [0.3, 0.4) is 0 Å². The molecule has 0 aliphatic heterocycles. The zero-order valence-electron chi connectivity index (χ0n) is 12.5. The molecular formula is C16H33NS. The van der Waals surface area contributed by atoms with Gasteiger partial charge in [-0.1, -0.05) is 58.3 Å². The highest BCUT2D eigenvalue weighted by Gasteiger charge is 2.16. The molecule has 0 radical (unpaired) electrons. The lowest BCUT2D eigenvalue weighted by atomic mass is 10.1. The molecule has 1 atom stereocenters. The van der Waals surface area contributed by atoms with E-state index in [9.17, 15) is 0 Å². The van der Waals surface area contributed by atoms with Gasteiger partial charge in [-0.2, -0.15) is 11.8 Å². The van der Waals surface area contributed by atoms with E-state index in [1.54, 1.807) is 0 Å². The van der Waals surface area contributed by atoms with Crippen molar-refractivity contribution in [2.75, 3.05) is 12.8 Å². The Morgan fingerprint density at radius 3 is 2.39 bits per heavy atom. The molecule has 0 saturated heterocycles. The van der Waals surface area contributed by atoms with Crippen LogP contribution in [0.1, 0.15) is 77.6 Å². The number of thioether (sulfide) groups is 1. The molecule has 0 heterocycles. The van der Waals surface area contributed by atoms with E-state index in [0.29, 0.717) is 0 Å². The van der Waals surface area contributed by atoms with Crippen molar-refractivity contribution in [3.63, 3.8) is 0 Å². The molecule has 1 saturated carbocycles. The standard InChI is InChI=1S/C16H33NS/c1-3-4-5-6-7-8-11-15(17-2)14-18-16-12-9-10-13-16/h15-17H,3-14H2,1-2H3. The molecule has 1 aliphatic rings. The van der Waals surface area contributed by atoms with Crippen LogP contribution in [0.2, 0.25) is 0 Å². The first-order valence-corrected chi connectivity index (χ1v) is 9.20. The molecule has 1 unspecified atom stereocenters. The fourth-order valence-electron chi connectivity index (χ4n) is 2.79. The Morgan fingerprint density at radius 1 is 1.06 bits per heavy atom. The largest absolute Gasteiger partial charge is 0.316 e. The molecule has 108 valence electrons. The predicted octanol–water partition coefficient (Wildman–Crippen LogP) is 5.00. The van der Waals surface area contributed by atoms with Gasteiger partial charge < -0.3 is 5.32 Å². The molecular weight excluding hydrogens is 238 g/mol. The maximum Gasteiger partial charge on any atom is 0.0155 e. The fraction of sp³-hybridized carbons (Fsp3) is 1.00. The summed E-state index contributed by atoms with van der Waals surface area (Å²) in [6.45, 7) is 2.29. The van der Waals surface area contributed by atoms with Crippen LogP contribution in [0, 0.1) is 0 Å². The van der Waals surface area contributed by atoms with Crippen LogP contribution in [0.15, 0.2) is 0 Å². The molecule has 2 heteroatoms. The van der Waals surface area contributed by atoms with E-state index >= 15 is 0 Å². The fourth-order valence-corrected chi connectivity index (χ4v) is 4.29. The summed E-state index contributed by atoms with van der Waals surface area (Å²) in [4.78, 5) is 0. The van der Waals surface area contributed by atoms with Crippen molar-refractivity contribution in [1.82, 2.24) is 5.32 Å². The van der Waals surface area contributed by atoms with Crippen molar-refractivity contribution in [1.29, 1.82) is 0 Å². The number of hydrogen-bond acceptors (Lipinski definition) is 2. The molecule has 0 aromatic carbocycles. The van der Waals surface area contributed by atoms with Gasteiger partial charge in [0.1, 0.15) is 0 Å². The van der Waals surface area contributed by atoms with Crippen molar-refractivity contribution in [3.05, 3.63) is 0 Å². The third-order valence-corrected chi connectivity index (χ3v) is 5.69. The normalized spacial score (nSPS) is 18.3. The van der Waals surface area contributed by atoms with Crippen molar-refractivity contribution in [2.45, 2.75) is 88.8 Å². The molecule has 0 aromatic rings. The number of hydrogen-bond donors (Lipinski definition) is 1. The summed E-state index contributed by atoms with van der Waals surface area (Å²) >= 11 is 2.23. The second-order valence-electron chi connectivity index (χ2n) is 5.78. The summed E-state index contributed by atoms with van der Waals surface area (Å²) in [5.74, 6) is 1.33. The summed E-state index contributed by atoms with van der Waals surface area (Å²) < 4.78 is 0. The minimum absolute atomic E-state index is 0.752. The van der Waals surface area contributed by atoms with Crippen LogP contribution in [0.5, 0.6) is 0 Å². The summed E-state index contributed by atoms with van der Waals surface area (Å²) in [6.07, 6.45) is 15.8. The Labute approximate surface area is 119 Å². The van der Waals surface area contributed by atoms with E-state index in [2.05, 4.69) is 31.1 Å². The highest BCUT2D eigenvalue weighted by atomic mass is 32.2. The maximum absolute atomic E-state index is 3.51. The lowest BCUT2D eigenvalue weighted by Crippen LogP contribution is -2.28. The van der Waals surface area contributed by atoms with Gasteiger partial charge in [-0.15, -0.1) is 0 Å². The van der Waals surface area contributed by atoms with Gasteiger partial charge in [0.2, 0.25) is 0 Å². The lowest BCUT2D eigenvalue weighted by molar-refractivity contribution is 0.513. The highest BCUT2D eigenvalue weighted by Crippen LogP contribution is 2.30.